The molecule has 0 unspecified atom stereocenters. The molecule has 0 radical (unpaired) electrons. The van der Waals surface area contributed by atoms with Gasteiger partial charge in [-0.15, -0.1) is 0 Å². The molecule has 100 valence electrons. The number of benzene rings is 1. The van der Waals surface area contributed by atoms with E-state index in [0.717, 1.165) is 5.69 Å². The Bertz CT molecular complexity index is 506. The molecular weight excluding hydrogens is 240 g/mol. The summed E-state index contributed by atoms with van der Waals surface area (Å²) >= 11 is 0. The maximum absolute atomic E-state index is 12.2. The summed E-state index contributed by atoms with van der Waals surface area (Å²) in [5.41, 5.74) is 1.05. The Morgan fingerprint density at radius 2 is 1.95 bits per heavy atom. The van der Waals surface area contributed by atoms with Gasteiger partial charge in [0.05, 0.1) is 12.1 Å². The van der Waals surface area contributed by atoms with Crippen LogP contribution in [-0.2, 0) is 9.59 Å². The van der Waals surface area contributed by atoms with Gasteiger partial charge in [-0.1, -0.05) is 38.1 Å². The van der Waals surface area contributed by atoms with Crippen LogP contribution in [-0.4, -0.2) is 30.8 Å². The summed E-state index contributed by atoms with van der Waals surface area (Å²) in [6.07, 6.45) is 1.69. The Labute approximate surface area is 113 Å². The summed E-state index contributed by atoms with van der Waals surface area (Å²) in [6, 6.07) is 9.59. The minimum absolute atomic E-state index is 0.112. The fraction of sp³-hybridized carbons (Fsp3) is 0.333. The zero-order valence-electron chi connectivity index (χ0n) is 11.2. The quantitative estimate of drug-likeness (QED) is 0.658. The molecule has 1 aliphatic heterocycles. The van der Waals surface area contributed by atoms with Crippen LogP contribution in [0, 0.1) is 0 Å². The molecule has 1 aromatic carbocycles. The Morgan fingerprint density at radius 3 is 2.58 bits per heavy atom. The molecule has 2 rings (SSSR count). The molecule has 1 N–H and O–H groups in total. The van der Waals surface area contributed by atoms with Crippen molar-refractivity contribution in [2.24, 2.45) is 0 Å². The third kappa shape index (κ3) is 3.09. The van der Waals surface area contributed by atoms with Crippen molar-refractivity contribution in [2.75, 3.05) is 18.0 Å². The third-order valence-electron chi connectivity index (χ3n) is 2.98. The molecule has 4 nitrogen and oxygen atoms in total. The lowest BCUT2D eigenvalue weighted by Crippen LogP contribution is -2.25. The van der Waals surface area contributed by atoms with Crippen LogP contribution < -0.4 is 10.2 Å². The van der Waals surface area contributed by atoms with Gasteiger partial charge in [-0.05, 0) is 12.1 Å². The number of ketones is 1. The zero-order valence-corrected chi connectivity index (χ0v) is 11.2. The highest BCUT2D eigenvalue weighted by molar-refractivity contribution is 6.31. The number of carbonyl (C=O) groups is 2. The maximum Gasteiger partial charge on any atom is 0.262 e. The lowest BCUT2D eigenvalue weighted by molar-refractivity contribution is -0.116. The van der Waals surface area contributed by atoms with E-state index < -0.39 is 0 Å². The van der Waals surface area contributed by atoms with Gasteiger partial charge in [-0.3, -0.25) is 9.59 Å². The molecule has 1 heterocycles. The highest BCUT2D eigenvalue weighted by atomic mass is 16.2. The fourth-order valence-corrected chi connectivity index (χ4v) is 1.98. The summed E-state index contributed by atoms with van der Waals surface area (Å²) in [4.78, 5) is 25.6. The normalized spacial score (nSPS) is 17.8. The molecule has 0 aromatic heterocycles. The second-order valence-corrected chi connectivity index (χ2v) is 4.83. The monoisotopic (exact) mass is 258 g/mol. The third-order valence-corrected chi connectivity index (χ3v) is 2.98. The van der Waals surface area contributed by atoms with Crippen molar-refractivity contribution in [1.29, 1.82) is 0 Å². The second-order valence-electron chi connectivity index (χ2n) is 4.83. The van der Waals surface area contributed by atoms with Crippen molar-refractivity contribution in [3.8, 4) is 0 Å². The molecule has 1 saturated heterocycles. The van der Waals surface area contributed by atoms with Crippen LogP contribution in [0.3, 0.4) is 0 Å². The number of nitrogens with zero attached hydrogens (tertiary/aromatic N) is 1. The van der Waals surface area contributed by atoms with E-state index in [2.05, 4.69) is 5.32 Å². The lowest BCUT2D eigenvalue weighted by atomic mass is 10.2. The number of nitrogens with one attached hydrogen (secondary N) is 1. The SMILES string of the molecule is CC(C)NC/C=C1/C(=O)CN(c2ccccc2)C1=O. The molecule has 1 aromatic rings. The van der Waals surface area contributed by atoms with Crippen LogP contribution in [0.15, 0.2) is 42.0 Å². The van der Waals surface area contributed by atoms with Crippen LogP contribution in [0.2, 0.25) is 0 Å². The number of carbonyl (C=O) groups excluding carboxylic acids is 2. The molecule has 19 heavy (non-hydrogen) atoms. The first-order chi connectivity index (χ1) is 9.09. The first-order valence-corrected chi connectivity index (χ1v) is 6.43. The highest BCUT2D eigenvalue weighted by Gasteiger charge is 2.33. The fourth-order valence-electron chi connectivity index (χ4n) is 1.98. The van der Waals surface area contributed by atoms with Gasteiger partial charge in [0.15, 0.2) is 5.78 Å². The molecule has 0 bridgehead atoms. The van der Waals surface area contributed by atoms with Crippen LogP contribution in [0.5, 0.6) is 0 Å². The molecule has 4 heteroatoms. The van der Waals surface area contributed by atoms with E-state index in [1.54, 1.807) is 6.08 Å². The van der Waals surface area contributed by atoms with Gasteiger partial charge in [-0.25, -0.2) is 0 Å². The molecule has 1 aliphatic rings. The van der Waals surface area contributed by atoms with Crippen LogP contribution >= 0.6 is 0 Å². The van der Waals surface area contributed by atoms with Gasteiger partial charge in [0.2, 0.25) is 0 Å². The first-order valence-electron chi connectivity index (χ1n) is 6.43. The van der Waals surface area contributed by atoms with Crippen molar-refractivity contribution in [3.63, 3.8) is 0 Å². The van der Waals surface area contributed by atoms with Gasteiger partial charge in [0.1, 0.15) is 0 Å². The standard InChI is InChI=1S/C15H18N2O2/c1-11(2)16-9-8-13-14(18)10-17(15(13)19)12-6-4-3-5-7-12/h3-8,11,16H,9-10H2,1-2H3/b13-8-. The van der Waals surface area contributed by atoms with Gasteiger partial charge >= 0.3 is 0 Å². The maximum atomic E-state index is 12.2. The Morgan fingerprint density at radius 1 is 1.26 bits per heavy atom. The van der Waals surface area contributed by atoms with Gasteiger partial charge in [0, 0.05) is 18.3 Å². The largest absolute Gasteiger partial charge is 0.311 e. The molecule has 0 atom stereocenters. The van der Waals surface area contributed by atoms with E-state index in [-0.39, 0.29) is 23.8 Å². The lowest BCUT2D eigenvalue weighted by Gasteiger charge is -2.13. The Hall–Kier alpha value is -1.94. The van der Waals surface area contributed by atoms with Crippen LogP contribution in [0.1, 0.15) is 13.8 Å². The highest BCUT2D eigenvalue weighted by Crippen LogP contribution is 2.22. The van der Waals surface area contributed by atoms with Crippen LogP contribution in [0.25, 0.3) is 0 Å². The average molecular weight is 258 g/mol. The van der Waals surface area contributed by atoms with Crippen molar-refractivity contribution in [1.82, 2.24) is 5.32 Å². The molecule has 0 aliphatic carbocycles. The van der Waals surface area contributed by atoms with Crippen LogP contribution in [0.4, 0.5) is 5.69 Å². The number of amides is 1. The smallest absolute Gasteiger partial charge is 0.262 e. The van der Waals surface area contributed by atoms with E-state index >= 15 is 0 Å². The first kappa shape index (κ1) is 13.5. The minimum atomic E-state index is -0.207. The van der Waals surface area contributed by atoms with Gasteiger partial charge in [-0.2, -0.15) is 0 Å². The van der Waals surface area contributed by atoms with Crippen molar-refractivity contribution < 1.29 is 9.59 Å². The number of para-hydroxylation sites is 1. The van der Waals surface area contributed by atoms with E-state index in [0.29, 0.717) is 12.6 Å². The number of anilines is 1. The van der Waals surface area contributed by atoms with E-state index in [4.69, 9.17) is 0 Å². The molecule has 0 spiro atoms. The number of rotatable bonds is 4. The number of hydrogen-bond acceptors (Lipinski definition) is 3. The predicted molar refractivity (Wildman–Crippen MR) is 75.0 cm³/mol. The average Bonchev–Trinajstić information content (AvgIpc) is 2.67. The number of hydrogen-bond donors (Lipinski definition) is 1. The van der Waals surface area contributed by atoms with Crippen molar-refractivity contribution in [3.05, 3.63) is 42.0 Å². The topological polar surface area (TPSA) is 49.4 Å². The Kier molecular flexibility index (Phi) is 4.12. The van der Waals surface area contributed by atoms with Gasteiger partial charge < -0.3 is 10.2 Å². The summed E-state index contributed by atoms with van der Waals surface area (Å²) in [5, 5.41) is 3.17. The minimum Gasteiger partial charge on any atom is -0.311 e. The summed E-state index contributed by atoms with van der Waals surface area (Å²) in [5.74, 6) is -0.318. The van der Waals surface area contributed by atoms with Crippen molar-refractivity contribution in [2.45, 2.75) is 19.9 Å². The van der Waals surface area contributed by atoms with Gasteiger partial charge in [0.25, 0.3) is 5.91 Å². The molecule has 0 saturated carbocycles. The van der Waals surface area contributed by atoms with E-state index in [1.807, 2.05) is 44.2 Å². The number of Topliss-reactive ketones (excluding diaryl/α,β-unsaturated/α-hetero) is 1. The molecular formula is C15H18N2O2. The van der Waals surface area contributed by atoms with Crippen molar-refractivity contribution >= 4 is 17.4 Å². The molecule has 1 fully saturated rings. The summed E-state index contributed by atoms with van der Waals surface area (Å²) in [6.45, 7) is 4.71. The summed E-state index contributed by atoms with van der Waals surface area (Å²) < 4.78 is 0. The zero-order chi connectivity index (χ0) is 13.8. The summed E-state index contributed by atoms with van der Waals surface area (Å²) in [7, 11) is 0. The van der Waals surface area contributed by atoms with E-state index in [1.165, 1.54) is 4.90 Å². The Balaban J connectivity index is 2.13. The molecule has 1 amide bonds. The second kappa shape index (κ2) is 5.80. The predicted octanol–water partition coefficient (Wildman–Crippen LogP) is 1.53. The van der Waals surface area contributed by atoms with E-state index in [9.17, 15) is 9.59 Å².